The Balaban J connectivity index is 1.29. The van der Waals surface area contributed by atoms with Gasteiger partial charge in [0.1, 0.15) is 5.75 Å². The van der Waals surface area contributed by atoms with Crippen molar-refractivity contribution in [1.82, 2.24) is 10.2 Å². The monoisotopic (exact) mass is 500 g/mol. The first-order valence-electron chi connectivity index (χ1n) is 12.3. The average molecular weight is 501 g/mol. The quantitative estimate of drug-likeness (QED) is 0.567. The van der Waals surface area contributed by atoms with Crippen molar-refractivity contribution in [1.29, 1.82) is 0 Å². The molecule has 7 heteroatoms. The molecule has 4 aliphatic rings. The fourth-order valence-electron chi connectivity index (χ4n) is 7.01. The molecule has 2 saturated carbocycles. The van der Waals surface area contributed by atoms with Gasteiger partial charge < -0.3 is 15.5 Å². The van der Waals surface area contributed by atoms with E-state index in [1.54, 1.807) is 18.2 Å². The van der Waals surface area contributed by atoms with Crippen LogP contribution in [0.25, 0.3) is 0 Å². The smallest absolute Gasteiger partial charge is 0.223 e. The molecule has 0 radical (unpaired) electrons. The number of fused-ring (bicyclic) bond motifs is 1. The highest BCUT2D eigenvalue weighted by atomic mass is 35.5. The van der Waals surface area contributed by atoms with Crippen LogP contribution in [-0.4, -0.2) is 45.8 Å². The Hall–Kier alpha value is -1.79. The van der Waals surface area contributed by atoms with Crippen molar-refractivity contribution in [3.05, 3.63) is 63.1 Å². The molecule has 3 N–H and O–H groups in total. The fourth-order valence-corrected chi connectivity index (χ4v) is 7.48. The molecule has 1 amide bonds. The molecule has 1 aliphatic heterocycles. The summed E-state index contributed by atoms with van der Waals surface area (Å²) in [7, 11) is 0. The van der Waals surface area contributed by atoms with Crippen molar-refractivity contribution < 1.29 is 15.0 Å². The summed E-state index contributed by atoms with van der Waals surface area (Å²) >= 11 is 12.3. The van der Waals surface area contributed by atoms with Gasteiger partial charge in [-0.15, -0.1) is 0 Å². The summed E-state index contributed by atoms with van der Waals surface area (Å²) in [6.07, 6.45) is 5.14. The van der Waals surface area contributed by atoms with Crippen LogP contribution in [-0.2, 0) is 23.2 Å². The van der Waals surface area contributed by atoms with E-state index in [1.165, 1.54) is 18.4 Å². The SMILES string of the molecule is O=C(NCc1ccc(Cl)cc1Cl)[C@@H]1C[C@]23CCN(CC4CC4)[C@H](Cc4ccc(O)cc42)[C@]3(O)C1. The first-order chi connectivity index (χ1) is 16.3. The van der Waals surface area contributed by atoms with Gasteiger partial charge in [-0.25, -0.2) is 0 Å². The van der Waals surface area contributed by atoms with Crippen molar-refractivity contribution in [2.24, 2.45) is 11.8 Å². The number of aromatic hydroxyl groups is 1. The van der Waals surface area contributed by atoms with E-state index in [0.717, 1.165) is 43.0 Å². The second-order valence-corrected chi connectivity index (χ2v) is 11.7. The van der Waals surface area contributed by atoms with Gasteiger partial charge in [-0.1, -0.05) is 35.3 Å². The number of hydrogen-bond donors (Lipinski definition) is 3. The van der Waals surface area contributed by atoms with Crippen LogP contribution in [0.4, 0.5) is 0 Å². The first-order valence-corrected chi connectivity index (χ1v) is 13.1. The summed E-state index contributed by atoms with van der Waals surface area (Å²) < 4.78 is 0. The minimum atomic E-state index is -0.985. The molecular weight excluding hydrogens is 471 g/mol. The number of phenols is 1. The van der Waals surface area contributed by atoms with Gasteiger partial charge in [-0.2, -0.15) is 0 Å². The summed E-state index contributed by atoms with van der Waals surface area (Å²) in [6, 6.07) is 10.9. The number of benzene rings is 2. The molecule has 6 rings (SSSR count). The first kappa shape index (κ1) is 22.7. The number of phenolic OH excluding ortho intramolecular Hbond substituents is 1. The number of rotatable bonds is 5. The van der Waals surface area contributed by atoms with Gasteiger partial charge in [0.25, 0.3) is 0 Å². The predicted octanol–water partition coefficient (Wildman–Crippen LogP) is 4.43. The summed E-state index contributed by atoms with van der Waals surface area (Å²) in [6.45, 7) is 2.28. The molecule has 2 aromatic carbocycles. The maximum atomic E-state index is 13.4. The van der Waals surface area contributed by atoms with Crippen LogP contribution < -0.4 is 5.32 Å². The van der Waals surface area contributed by atoms with E-state index in [1.807, 2.05) is 18.2 Å². The standard InChI is InChI=1S/C27H30Cl2N2O3/c28-20-5-3-18(23(29)10-20)14-30-25(33)19-12-26-7-8-31(15-16-1-2-16)24(27(26,34)13-19)9-17-4-6-21(32)11-22(17)26/h3-6,10-11,16,19,24,32,34H,1-2,7-9,12-15H2,(H,30,33)/t19-,24-,26-,27-/m1/s1. The van der Waals surface area contributed by atoms with Crippen LogP contribution in [0.15, 0.2) is 36.4 Å². The maximum Gasteiger partial charge on any atom is 0.223 e. The van der Waals surface area contributed by atoms with Gasteiger partial charge >= 0.3 is 0 Å². The minimum absolute atomic E-state index is 0.00222. The Morgan fingerprint density at radius 1 is 1.15 bits per heavy atom. The van der Waals surface area contributed by atoms with Crippen molar-refractivity contribution in [2.75, 3.05) is 13.1 Å². The number of hydrogen-bond acceptors (Lipinski definition) is 4. The van der Waals surface area contributed by atoms with Crippen molar-refractivity contribution in [3.8, 4) is 5.75 Å². The van der Waals surface area contributed by atoms with Gasteiger partial charge in [0.15, 0.2) is 0 Å². The maximum absolute atomic E-state index is 13.4. The van der Waals surface area contributed by atoms with E-state index in [-0.39, 0.29) is 23.6 Å². The lowest BCUT2D eigenvalue weighted by molar-refractivity contribution is -0.134. The number of carbonyl (C=O) groups is 1. The third kappa shape index (κ3) is 3.55. The summed E-state index contributed by atoms with van der Waals surface area (Å²) in [4.78, 5) is 15.8. The van der Waals surface area contributed by atoms with E-state index in [9.17, 15) is 15.0 Å². The normalized spacial score (nSPS) is 32.2. The zero-order chi connectivity index (χ0) is 23.7. The van der Waals surface area contributed by atoms with Crippen molar-refractivity contribution in [2.45, 2.75) is 62.1 Å². The second kappa shape index (κ2) is 8.12. The van der Waals surface area contributed by atoms with Gasteiger partial charge in [-0.3, -0.25) is 9.69 Å². The Bertz CT molecular complexity index is 1150. The molecule has 34 heavy (non-hydrogen) atoms. The zero-order valence-corrected chi connectivity index (χ0v) is 20.6. The number of likely N-dealkylation sites (tertiary alicyclic amines) is 1. The Kier molecular flexibility index (Phi) is 5.41. The zero-order valence-electron chi connectivity index (χ0n) is 19.1. The van der Waals surface area contributed by atoms with Crippen molar-refractivity contribution >= 4 is 29.1 Å². The number of piperidine rings is 1. The molecule has 0 spiro atoms. The van der Waals surface area contributed by atoms with E-state index < -0.39 is 11.0 Å². The molecular formula is C27H30Cl2N2O3. The second-order valence-electron chi connectivity index (χ2n) is 10.8. The number of halogens is 2. The fraction of sp³-hybridized carbons (Fsp3) is 0.519. The highest BCUT2D eigenvalue weighted by Gasteiger charge is 2.68. The number of nitrogens with one attached hydrogen (secondary N) is 1. The molecule has 180 valence electrons. The van der Waals surface area contributed by atoms with Gasteiger partial charge in [0.2, 0.25) is 5.91 Å². The van der Waals surface area contributed by atoms with Gasteiger partial charge in [0, 0.05) is 40.5 Å². The number of amides is 1. The third-order valence-electron chi connectivity index (χ3n) is 8.85. The van der Waals surface area contributed by atoms with E-state index in [2.05, 4.69) is 10.2 Å². The van der Waals surface area contributed by atoms with Crippen LogP contribution >= 0.6 is 23.2 Å². The molecule has 1 saturated heterocycles. The van der Waals surface area contributed by atoms with Crippen LogP contribution in [0.3, 0.4) is 0 Å². The van der Waals surface area contributed by atoms with E-state index in [0.29, 0.717) is 29.4 Å². The molecule has 4 atom stereocenters. The lowest BCUT2D eigenvalue weighted by Crippen LogP contribution is -2.69. The summed E-state index contributed by atoms with van der Waals surface area (Å²) in [5.74, 6) is 0.610. The van der Waals surface area contributed by atoms with Crippen LogP contribution in [0.2, 0.25) is 10.0 Å². The highest BCUT2D eigenvalue weighted by Crippen LogP contribution is 2.62. The number of aliphatic hydroxyl groups is 1. The lowest BCUT2D eigenvalue weighted by atomic mass is 9.56. The molecule has 1 heterocycles. The molecule has 2 aromatic rings. The summed E-state index contributed by atoms with van der Waals surface area (Å²) in [5.41, 5.74) is 1.55. The highest BCUT2D eigenvalue weighted by molar-refractivity contribution is 6.35. The van der Waals surface area contributed by atoms with Gasteiger partial charge in [0.05, 0.1) is 5.60 Å². The molecule has 2 bridgehead atoms. The molecule has 0 aromatic heterocycles. The van der Waals surface area contributed by atoms with E-state index >= 15 is 0 Å². The molecule has 5 nitrogen and oxygen atoms in total. The van der Waals surface area contributed by atoms with E-state index in [4.69, 9.17) is 23.2 Å². The Morgan fingerprint density at radius 3 is 2.74 bits per heavy atom. The van der Waals surface area contributed by atoms with Crippen LogP contribution in [0.1, 0.15) is 48.8 Å². The van der Waals surface area contributed by atoms with Crippen LogP contribution in [0.5, 0.6) is 5.75 Å². The van der Waals surface area contributed by atoms with Gasteiger partial charge in [-0.05, 0) is 91.9 Å². The molecule has 3 fully saturated rings. The molecule has 0 unspecified atom stereocenters. The topological polar surface area (TPSA) is 72.8 Å². The average Bonchev–Trinajstić information content (AvgIpc) is 3.54. The summed E-state index contributed by atoms with van der Waals surface area (Å²) in [5, 5.41) is 26.8. The van der Waals surface area contributed by atoms with Crippen LogP contribution in [0, 0.1) is 11.8 Å². The lowest BCUT2D eigenvalue weighted by Gasteiger charge is -2.59. The van der Waals surface area contributed by atoms with Crippen molar-refractivity contribution in [3.63, 3.8) is 0 Å². The number of carbonyl (C=O) groups excluding carboxylic acids is 1. The molecule has 3 aliphatic carbocycles. The third-order valence-corrected chi connectivity index (χ3v) is 9.44. The number of nitrogens with zero attached hydrogens (tertiary/aromatic N) is 1. The largest absolute Gasteiger partial charge is 0.508 e. The Labute approximate surface area is 210 Å². The Morgan fingerprint density at radius 2 is 1.97 bits per heavy atom. The predicted molar refractivity (Wildman–Crippen MR) is 132 cm³/mol. The minimum Gasteiger partial charge on any atom is -0.508 e.